The van der Waals surface area contributed by atoms with Crippen LogP contribution in [-0.4, -0.2) is 73.0 Å². The molecule has 0 aromatic heterocycles. The van der Waals surface area contributed by atoms with Gasteiger partial charge in [0.1, 0.15) is 0 Å². The smallest absolute Gasteiger partial charge is 0.225 e. The summed E-state index contributed by atoms with van der Waals surface area (Å²) in [5.74, 6) is 2.24. The molecule has 3 rings (SSSR count). The normalized spacial score (nSPS) is 27.4. The van der Waals surface area contributed by atoms with E-state index in [0.717, 1.165) is 57.9 Å². The van der Waals surface area contributed by atoms with Crippen molar-refractivity contribution in [3.63, 3.8) is 0 Å². The van der Waals surface area contributed by atoms with Crippen LogP contribution >= 0.6 is 0 Å². The standard InChI is InChI=1S/C23H43N5O/c1-4-24-23(25-15-19-9-8-13-27(16-19)18(2)3)26-21-12-14-28(17-21)22(29)20-10-6-5-7-11-20/h18-21H,4-17H2,1-3H3,(H2,24,25,26). The molecule has 0 aromatic carbocycles. The van der Waals surface area contributed by atoms with Crippen LogP contribution in [0.5, 0.6) is 0 Å². The fraction of sp³-hybridized carbons (Fsp3) is 0.913. The van der Waals surface area contributed by atoms with E-state index in [4.69, 9.17) is 4.99 Å². The van der Waals surface area contributed by atoms with Gasteiger partial charge in [-0.2, -0.15) is 0 Å². The average Bonchev–Trinajstić information content (AvgIpc) is 3.21. The summed E-state index contributed by atoms with van der Waals surface area (Å²) < 4.78 is 0. The molecule has 3 aliphatic rings. The number of carbonyl (C=O) groups is 1. The van der Waals surface area contributed by atoms with Gasteiger partial charge in [0.2, 0.25) is 5.91 Å². The van der Waals surface area contributed by atoms with E-state index in [2.05, 4.69) is 41.2 Å². The number of guanidine groups is 1. The van der Waals surface area contributed by atoms with Gasteiger partial charge in [0.25, 0.3) is 0 Å². The maximum atomic E-state index is 12.8. The van der Waals surface area contributed by atoms with Crippen molar-refractivity contribution in [2.45, 2.75) is 84.2 Å². The summed E-state index contributed by atoms with van der Waals surface area (Å²) in [6, 6.07) is 0.943. The van der Waals surface area contributed by atoms with E-state index in [1.54, 1.807) is 0 Å². The Labute approximate surface area is 177 Å². The van der Waals surface area contributed by atoms with Crippen molar-refractivity contribution in [1.82, 2.24) is 20.4 Å². The van der Waals surface area contributed by atoms with Crippen LogP contribution in [0, 0.1) is 11.8 Å². The summed E-state index contributed by atoms with van der Waals surface area (Å²) in [5.41, 5.74) is 0. The van der Waals surface area contributed by atoms with Crippen LogP contribution in [0.25, 0.3) is 0 Å². The topological polar surface area (TPSA) is 60.0 Å². The number of hydrogen-bond donors (Lipinski definition) is 2. The van der Waals surface area contributed by atoms with E-state index in [9.17, 15) is 4.79 Å². The highest BCUT2D eigenvalue weighted by atomic mass is 16.2. The third-order valence-electron chi connectivity index (χ3n) is 6.93. The Morgan fingerprint density at radius 1 is 1.03 bits per heavy atom. The molecule has 6 heteroatoms. The Hall–Kier alpha value is -1.30. The molecule has 1 amide bonds. The third-order valence-corrected chi connectivity index (χ3v) is 6.93. The fourth-order valence-electron chi connectivity index (χ4n) is 5.14. The van der Waals surface area contributed by atoms with Crippen molar-refractivity contribution in [2.75, 3.05) is 39.3 Å². The first-order valence-electron chi connectivity index (χ1n) is 12.1. The number of rotatable bonds is 6. The molecule has 6 nitrogen and oxygen atoms in total. The number of aliphatic imine (C=N–C) groups is 1. The van der Waals surface area contributed by atoms with Crippen molar-refractivity contribution in [1.29, 1.82) is 0 Å². The molecular weight excluding hydrogens is 362 g/mol. The van der Waals surface area contributed by atoms with Crippen LogP contribution in [-0.2, 0) is 4.79 Å². The third kappa shape index (κ3) is 6.59. The van der Waals surface area contributed by atoms with Crippen molar-refractivity contribution < 1.29 is 4.79 Å². The van der Waals surface area contributed by atoms with E-state index in [0.29, 0.717) is 23.9 Å². The summed E-state index contributed by atoms with van der Waals surface area (Å²) in [6.07, 6.45) is 9.50. The first-order chi connectivity index (χ1) is 14.1. The first-order valence-corrected chi connectivity index (χ1v) is 12.1. The highest BCUT2D eigenvalue weighted by Gasteiger charge is 2.32. The van der Waals surface area contributed by atoms with Gasteiger partial charge in [0.15, 0.2) is 5.96 Å². The summed E-state index contributed by atoms with van der Waals surface area (Å²) in [6.45, 7) is 12.5. The molecular formula is C23H43N5O. The highest BCUT2D eigenvalue weighted by Crippen LogP contribution is 2.26. The average molecular weight is 406 g/mol. The van der Waals surface area contributed by atoms with Gasteiger partial charge in [-0.25, -0.2) is 0 Å². The van der Waals surface area contributed by atoms with E-state index < -0.39 is 0 Å². The predicted octanol–water partition coefficient (Wildman–Crippen LogP) is 2.84. The van der Waals surface area contributed by atoms with Crippen LogP contribution in [0.1, 0.15) is 72.1 Å². The fourth-order valence-corrected chi connectivity index (χ4v) is 5.14. The van der Waals surface area contributed by atoms with Gasteiger partial charge in [0, 0.05) is 50.7 Å². The molecule has 2 heterocycles. The summed E-state index contributed by atoms with van der Waals surface area (Å²) >= 11 is 0. The molecule has 3 fully saturated rings. The Morgan fingerprint density at radius 2 is 1.83 bits per heavy atom. The molecule has 166 valence electrons. The minimum Gasteiger partial charge on any atom is -0.357 e. The zero-order valence-corrected chi connectivity index (χ0v) is 19.0. The second-order valence-electron chi connectivity index (χ2n) is 9.57. The van der Waals surface area contributed by atoms with E-state index in [-0.39, 0.29) is 5.92 Å². The van der Waals surface area contributed by atoms with E-state index >= 15 is 0 Å². The minimum absolute atomic E-state index is 0.277. The minimum atomic E-state index is 0.277. The SMILES string of the molecule is CCNC(=NCC1CCCN(C(C)C)C1)NC1CCN(C(=O)C2CCCCC2)C1. The van der Waals surface area contributed by atoms with Gasteiger partial charge in [-0.15, -0.1) is 0 Å². The largest absolute Gasteiger partial charge is 0.357 e. The van der Waals surface area contributed by atoms with Gasteiger partial charge in [-0.1, -0.05) is 19.3 Å². The molecule has 0 aromatic rings. The van der Waals surface area contributed by atoms with E-state index in [1.165, 1.54) is 38.6 Å². The lowest BCUT2D eigenvalue weighted by molar-refractivity contribution is -0.135. The lowest BCUT2D eigenvalue weighted by Gasteiger charge is -2.35. The summed E-state index contributed by atoms with van der Waals surface area (Å²) in [4.78, 5) is 22.4. The van der Waals surface area contributed by atoms with Gasteiger partial charge in [0.05, 0.1) is 0 Å². The van der Waals surface area contributed by atoms with Gasteiger partial charge in [-0.05, 0) is 65.3 Å². The number of nitrogens with one attached hydrogen (secondary N) is 2. The second kappa shape index (κ2) is 11.2. The molecule has 2 unspecified atom stereocenters. The first kappa shape index (κ1) is 22.4. The van der Waals surface area contributed by atoms with Crippen LogP contribution in [0.4, 0.5) is 0 Å². The predicted molar refractivity (Wildman–Crippen MR) is 120 cm³/mol. The Balaban J connectivity index is 1.48. The molecule has 1 saturated carbocycles. The Morgan fingerprint density at radius 3 is 2.55 bits per heavy atom. The maximum absolute atomic E-state index is 12.8. The van der Waals surface area contributed by atoms with Crippen molar-refractivity contribution in [3.8, 4) is 0 Å². The summed E-state index contributed by atoms with van der Waals surface area (Å²) in [7, 11) is 0. The van der Waals surface area contributed by atoms with Crippen LogP contribution in [0.2, 0.25) is 0 Å². The number of nitrogens with zero attached hydrogens (tertiary/aromatic N) is 3. The van der Waals surface area contributed by atoms with Gasteiger partial charge < -0.3 is 20.4 Å². The second-order valence-corrected chi connectivity index (χ2v) is 9.57. The zero-order valence-electron chi connectivity index (χ0n) is 19.0. The van der Waals surface area contributed by atoms with Crippen LogP contribution < -0.4 is 10.6 Å². The van der Waals surface area contributed by atoms with Crippen molar-refractivity contribution in [2.24, 2.45) is 16.8 Å². The van der Waals surface area contributed by atoms with Crippen LogP contribution in [0.3, 0.4) is 0 Å². The molecule has 2 atom stereocenters. The van der Waals surface area contributed by atoms with Crippen molar-refractivity contribution in [3.05, 3.63) is 0 Å². The molecule has 2 saturated heterocycles. The maximum Gasteiger partial charge on any atom is 0.225 e. The number of amides is 1. The number of hydrogen-bond acceptors (Lipinski definition) is 3. The molecule has 0 radical (unpaired) electrons. The number of carbonyl (C=O) groups excluding carboxylic acids is 1. The molecule has 2 aliphatic heterocycles. The van der Waals surface area contributed by atoms with E-state index in [1.807, 2.05) is 0 Å². The zero-order chi connectivity index (χ0) is 20.6. The quantitative estimate of drug-likeness (QED) is 0.527. The van der Waals surface area contributed by atoms with Crippen LogP contribution in [0.15, 0.2) is 4.99 Å². The Bertz CT molecular complexity index is 543. The molecule has 1 aliphatic carbocycles. The molecule has 2 N–H and O–H groups in total. The molecule has 0 bridgehead atoms. The monoisotopic (exact) mass is 405 g/mol. The number of likely N-dealkylation sites (tertiary alicyclic amines) is 2. The molecule has 29 heavy (non-hydrogen) atoms. The molecule has 0 spiro atoms. The van der Waals surface area contributed by atoms with Gasteiger partial charge >= 0.3 is 0 Å². The Kier molecular flexibility index (Phi) is 8.64. The highest BCUT2D eigenvalue weighted by molar-refractivity contribution is 5.81. The summed E-state index contributed by atoms with van der Waals surface area (Å²) in [5, 5.41) is 7.02. The van der Waals surface area contributed by atoms with Crippen molar-refractivity contribution >= 4 is 11.9 Å². The number of piperidine rings is 1. The lowest BCUT2D eigenvalue weighted by atomic mass is 9.88. The lowest BCUT2D eigenvalue weighted by Crippen LogP contribution is -2.46. The van der Waals surface area contributed by atoms with Gasteiger partial charge in [-0.3, -0.25) is 9.79 Å².